The van der Waals surface area contributed by atoms with E-state index in [0.717, 1.165) is 24.3 Å². The van der Waals surface area contributed by atoms with Gasteiger partial charge in [-0.25, -0.2) is 0 Å². The molecule has 2 atom stereocenters. The average Bonchev–Trinajstić information content (AvgIpc) is 2.57. The molecule has 0 saturated heterocycles. The molecule has 0 aromatic heterocycles. The highest BCUT2D eigenvalue weighted by atomic mass is 16.5. The van der Waals surface area contributed by atoms with Gasteiger partial charge >= 0.3 is 0 Å². The molecule has 1 N–H and O–H groups in total. The topological polar surface area (TPSA) is 38.7 Å². The number of rotatable bonds is 3. The van der Waals surface area contributed by atoms with E-state index in [0.29, 0.717) is 0 Å². The summed E-state index contributed by atoms with van der Waals surface area (Å²) in [6.45, 7) is 4.15. The third-order valence-electron chi connectivity index (χ3n) is 3.55. The van der Waals surface area contributed by atoms with Gasteiger partial charge in [0.15, 0.2) is 0 Å². The van der Waals surface area contributed by atoms with Crippen LogP contribution in [0.2, 0.25) is 0 Å². The Bertz CT molecular complexity index is 387. The Morgan fingerprint density at radius 2 is 2.00 bits per heavy atom. The molecular formula is C14H20O3. The Morgan fingerprint density at radius 3 is 2.59 bits per heavy atom. The van der Waals surface area contributed by atoms with Crippen LogP contribution in [-0.2, 0) is 0 Å². The Kier molecular flexibility index (Phi) is 3.29. The number of aliphatic hydroxyl groups is 1. The number of ether oxygens (including phenoxy) is 2. The number of methoxy groups -OCH3 is 1. The van der Waals surface area contributed by atoms with Gasteiger partial charge in [-0.2, -0.15) is 0 Å². The van der Waals surface area contributed by atoms with Gasteiger partial charge in [0, 0.05) is 6.07 Å². The summed E-state index contributed by atoms with van der Waals surface area (Å²) in [7, 11) is 1.63. The van der Waals surface area contributed by atoms with Crippen molar-refractivity contribution in [3.05, 3.63) is 24.3 Å². The molecule has 3 heteroatoms. The van der Waals surface area contributed by atoms with Gasteiger partial charge in [-0.15, -0.1) is 0 Å². The van der Waals surface area contributed by atoms with Crippen LogP contribution in [-0.4, -0.2) is 24.4 Å². The molecule has 0 amide bonds. The van der Waals surface area contributed by atoms with Gasteiger partial charge in [0.25, 0.3) is 0 Å². The first-order valence-electron chi connectivity index (χ1n) is 6.02. The smallest absolute Gasteiger partial charge is 0.125 e. The SMILES string of the molecule is COc1cccc(OC2CCC(C)(C)C2O)c1. The zero-order valence-corrected chi connectivity index (χ0v) is 10.6. The molecule has 1 aromatic rings. The Hall–Kier alpha value is -1.22. The molecule has 3 nitrogen and oxygen atoms in total. The lowest BCUT2D eigenvalue weighted by atomic mass is 9.89. The summed E-state index contributed by atoms with van der Waals surface area (Å²) in [5, 5.41) is 10.1. The molecule has 0 heterocycles. The van der Waals surface area contributed by atoms with Gasteiger partial charge in [0.2, 0.25) is 0 Å². The number of benzene rings is 1. The van der Waals surface area contributed by atoms with E-state index in [4.69, 9.17) is 9.47 Å². The quantitative estimate of drug-likeness (QED) is 0.876. The third-order valence-corrected chi connectivity index (χ3v) is 3.55. The van der Waals surface area contributed by atoms with Crippen LogP contribution in [0, 0.1) is 5.41 Å². The van der Waals surface area contributed by atoms with Crippen LogP contribution in [0.25, 0.3) is 0 Å². The van der Waals surface area contributed by atoms with E-state index in [-0.39, 0.29) is 11.5 Å². The second-order valence-electron chi connectivity index (χ2n) is 5.31. The molecule has 0 spiro atoms. The molecule has 1 saturated carbocycles. The van der Waals surface area contributed by atoms with Crippen LogP contribution >= 0.6 is 0 Å². The molecule has 0 bridgehead atoms. The molecule has 1 fully saturated rings. The average molecular weight is 236 g/mol. The molecular weight excluding hydrogens is 216 g/mol. The Balaban J connectivity index is 2.06. The largest absolute Gasteiger partial charge is 0.497 e. The van der Waals surface area contributed by atoms with E-state index in [1.54, 1.807) is 7.11 Å². The lowest BCUT2D eigenvalue weighted by Gasteiger charge is -2.25. The molecule has 1 aromatic carbocycles. The van der Waals surface area contributed by atoms with Crippen molar-refractivity contribution in [2.24, 2.45) is 5.41 Å². The molecule has 94 valence electrons. The predicted molar refractivity (Wildman–Crippen MR) is 66.4 cm³/mol. The summed E-state index contributed by atoms with van der Waals surface area (Å²) in [5.41, 5.74) is -0.0521. The van der Waals surface area contributed by atoms with Crippen molar-refractivity contribution in [3.63, 3.8) is 0 Å². The van der Waals surface area contributed by atoms with Crippen LogP contribution in [0.15, 0.2) is 24.3 Å². The van der Waals surface area contributed by atoms with Crippen LogP contribution < -0.4 is 9.47 Å². The fraction of sp³-hybridized carbons (Fsp3) is 0.571. The Labute approximate surface area is 102 Å². The zero-order valence-electron chi connectivity index (χ0n) is 10.6. The van der Waals surface area contributed by atoms with E-state index in [9.17, 15) is 5.11 Å². The van der Waals surface area contributed by atoms with Crippen molar-refractivity contribution >= 4 is 0 Å². The monoisotopic (exact) mass is 236 g/mol. The number of hydrogen-bond donors (Lipinski definition) is 1. The van der Waals surface area contributed by atoms with Crippen LogP contribution in [0.5, 0.6) is 11.5 Å². The first kappa shape index (κ1) is 12.2. The lowest BCUT2D eigenvalue weighted by Crippen LogP contribution is -2.34. The van der Waals surface area contributed by atoms with Crippen molar-refractivity contribution in [3.8, 4) is 11.5 Å². The highest BCUT2D eigenvalue weighted by Crippen LogP contribution is 2.39. The van der Waals surface area contributed by atoms with Gasteiger partial charge in [0.05, 0.1) is 13.2 Å². The summed E-state index contributed by atoms with van der Waals surface area (Å²) < 4.78 is 11.0. The Morgan fingerprint density at radius 1 is 1.29 bits per heavy atom. The highest BCUT2D eigenvalue weighted by molar-refractivity contribution is 5.33. The van der Waals surface area contributed by atoms with E-state index in [1.165, 1.54) is 0 Å². The maximum atomic E-state index is 10.1. The summed E-state index contributed by atoms with van der Waals surface area (Å²) in [5.74, 6) is 1.53. The summed E-state index contributed by atoms with van der Waals surface area (Å²) >= 11 is 0. The summed E-state index contributed by atoms with van der Waals surface area (Å²) in [6, 6.07) is 7.50. The normalized spacial score (nSPS) is 26.8. The number of aliphatic hydroxyl groups excluding tert-OH is 1. The van der Waals surface area contributed by atoms with Gasteiger partial charge in [-0.05, 0) is 30.4 Å². The minimum absolute atomic E-state index is 0.0521. The second-order valence-corrected chi connectivity index (χ2v) is 5.31. The number of hydrogen-bond acceptors (Lipinski definition) is 3. The van der Waals surface area contributed by atoms with E-state index >= 15 is 0 Å². The maximum absolute atomic E-state index is 10.1. The first-order valence-corrected chi connectivity index (χ1v) is 6.02. The third kappa shape index (κ3) is 2.55. The fourth-order valence-electron chi connectivity index (χ4n) is 2.30. The molecule has 2 unspecified atom stereocenters. The van der Waals surface area contributed by atoms with Gasteiger partial charge in [-0.3, -0.25) is 0 Å². The van der Waals surface area contributed by atoms with Crippen molar-refractivity contribution in [1.82, 2.24) is 0 Å². The molecule has 2 rings (SSSR count). The van der Waals surface area contributed by atoms with Crippen molar-refractivity contribution in [2.75, 3.05) is 7.11 Å². The van der Waals surface area contributed by atoms with Crippen LogP contribution in [0.4, 0.5) is 0 Å². The van der Waals surface area contributed by atoms with Crippen LogP contribution in [0.3, 0.4) is 0 Å². The minimum atomic E-state index is -0.409. The highest BCUT2D eigenvalue weighted by Gasteiger charge is 2.42. The first-order chi connectivity index (χ1) is 8.03. The van der Waals surface area contributed by atoms with Gasteiger partial charge in [-0.1, -0.05) is 19.9 Å². The standard InChI is InChI=1S/C14H20O3/c1-14(2)8-7-12(13(14)15)17-11-6-4-5-10(9-11)16-3/h4-6,9,12-13,15H,7-8H2,1-3H3. The van der Waals surface area contributed by atoms with Crippen molar-refractivity contribution < 1.29 is 14.6 Å². The molecule has 17 heavy (non-hydrogen) atoms. The second kappa shape index (κ2) is 4.57. The molecule has 1 aliphatic carbocycles. The van der Waals surface area contributed by atoms with Crippen LogP contribution in [0.1, 0.15) is 26.7 Å². The van der Waals surface area contributed by atoms with E-state index < -0.39 is 6.10 Å². The van der Waals surface area contributed by atoms with E-state index in [2.05, 4.69) is 13.8 Å². The summed E-state index contributed by atoms with van der Waals surface area (Å²) in [4.78, 5) is 0. The van der Waals surface area contributed by atoms with Crippen molar-refractivity contribution in [1.29, 1.82) is 0 Å². The van der Waals surface area contributed by atoms with Gasteiger partial charge in [0.1, 0.15) is 17.6 Å². The maximum Gasteiger partial charge on any atom is 0.125 e. The molecule has 1 aliphatic rings. The van der Waals surface area contributed by atoms with Crippen molar-refractivity contribution in [2.45, 2.75) is 38.9 Å². The van der Waals surface area contributed by atoms with E-state index in [1.807, 2.05) is 24.3 Å². The fourth-order valence-corrected chi connectivity index (χ4v) is 2.30. The predicted octanol–water partition coefficient (Wildman–Crippen LogP) is 2.62. The lowest BCUT2D eigenvalue weighted by molar-refractivity contribution is 0.00486. The summed E-state index contributed by atoms with van der Waals surface area (Å²) in [6.07, 6.45) is 1.36. The molecule has 0 radical (unpaired) electrons. The van der Waals surface area contributed by atoms with Gasteiger partial charge < -0.3 is 14.6 Å². The minimum Gasteiger partial charge on any atom is -0.497 e. The molecule has 0 aliphatic heterocycles. The zero-order chi connectivity index (χ0) is 12.5.